The maximum Gasteiger partial charge on any atom is 0.252 e. The van der Waals surface area contributed by atoms with Gasteiger partial charge in [0.25, 0.3) is 10.0 Å². The molecule has 2 aromatic rings. The monoisotopic (exact) mass is 448 g/mol. The molecule has 2 aliphatic heterocycles. The minimum Gasteiger partial charge on any atom is -0.462 e. The minimum atomic E-state index is -3.41. The highest BCUT2D eigenvalue weighted by atomic mass is 32.2. The molecule has 1 aromatic carbocycles. The zero-order valence-corrected chi connectivity index (χ0v) is 19.1. The molecule has 2 fully saturated rings. The molecule has 0 bridgehead atoms. The summed E-state index contributed by atoms with van der Waals surface area (Å²) >= 11 is 1.29. The molecule has 1 spiro atoms. The lowest BCUT2D eigenvalue weighted by atomic mass is 9.89. The molecule has 162 valence electrons. The number of rotatable bonds is 4. The first kappa shape index (κ1) is 20.5. The van der Waals surface area contributed by atoms with Gasteiger partial charge in [0, 0.05) is 56.5 Å². The van der Waals surface area contributed by atoms with Crippen LogP contribution in [0.2, 0.25) is 0 Å². The zero-order valence-electron chi connectivity index (χ0n) is 17.5. The Labute approximate surface area is 182 Å². The van der Waals surface area contributed by atoms with E-state index < -0.39 is 15.8 Å². The van der Waals surface area contributed by atoms with Gasteiger partial charge in [-0.1, -0.05) is 6.42 Å². The predicted molar refractivity (Wildman–Crippen MR) is 117 cm³/mol. The van der Waals surface area contributed by atoms with E-state index in [-0.39, 0.29) is 0 Å². The highest BCUT2D eigenvalue weighted by Gasteiger charge is 2.42. The van der Waals surface area contributed by atoms with Crippen molar-refractivity contribution in [1.82, 2.24) is 9.21 Å². The number of nitrogens with zero attached hydrogens (tertiary/aromatic N) is 2. The summed E-state index contributed by atoms with van der Waals surface area (Å²) in [4.78, 5) is 3.52. The van der Waals surface area contributed by atoms with Crippen LogP contribution >= 0.6 is 11.3 Å². The van der Waals surface area contributed by atoms with Gasteiger partial charge in [0.15, 0.2) is 0 Å². The topological polar surface area (TPSA) is 59.1 Å². The molecular weight excluding hydrogens is 420 g/mol. The fraction of sp³-hybridized carbons (Fsp3) is 0.545. The van der Waals surface area contributed by atoms with Gasteiger partial charge in [0.1, 0.15) is 9.96 Å². The Morgan fingerprint density at radius 2 is 1.90 bits per heavy atom. The summed E-state index contributed by atoms with van der Waals surface area (Å²) in [5, 5.41) is 0. The molecule has 0 unspecified atom stereocenters. The first-order valence-corrected chi connectivity index (χ1v) is 12.8. The molecule has 30 heavy (non-hydrogen) atoms. The van der Waals surface area contributed by atoms with Gasteiger partial charge in [-0.25, -0.2) is 12.7 Å². The molecule has 1 aromatic heterocycles. The van der Waals surface area contributed by atoms with Crippen molar-refractivity contribution in [2.24, 2.45) is 0 Å². The average Bonchev–Trinajstić information content (AvgIpc) is 3.19. The Morgan fingerprint density at radius 3 is 2.57 bits per heavy atom. The van der Waals surface area contributed by atoms with E-state index in [4.69, 9.17) is 9.47 Å². The molecule has 0 N–H and O–H groups in total. The van der Waals surface area contributed by atoms with Crippen molar-refractivity contribution in [3.63, 3.8) is 0 Å². The third kappa shape index (κ3) is 3.58. The van der Waals surface area contributed by atoms with E-state index in [1.54, 1.807) is 20.2 Å². The highest BCUT2D eigenvalue weighted by Crippen LogP contribution is 2.41. The second kappa shape index (κ2) is 7.60. The van der Waals surface area contributed by atoms with Crippen molar-refractivity contribution < 1.29 is 17.9 Å². The smallest absolute Gasteiger partial charge is 0.252 e. The molecule has 0 atom stereocenters. The Bertz CT molecular complexity index is 1040. The van der Waals surface area contributed by atoms with Gasteiger partial charge in [0.05, 0.1) is 6.61 Å². The van der Waals surface area contributed by atoms with Gasteiger partial charge in [-0.3, -0.25) is 4.90 Å². The van der Waals surface area contributed by atoms with Crippen LogP contribution in [0.1, 0.15) is 37.7 Å². The van der Waals surface area contributed by atoms with E-state index in [9.17, 15) is 8.42 Å². The third-order valence-electron chi connectivity index (χ3n) is 6.60. The third-order valence-corrected chi connectivity index (χ3v) is 10.0. The molecule has 6 nitrogen and oxygen atoms in total. The van der Waals surface area contributed by atoms with Crippen LogP contribution in [-0.2, 0) is 21.4 Å². The Kier molecular flexibility index (Phi) is 5.18. The van der Waals surface area contributed by atoms with Gasteiger partial charge in [0.2, 0.25) is 5.79 Å². The Hall–Kier alpha value is -1.45. The molecular formula is C22H28N2O4S2. The second-order valence-electron chi connectivity index (χ2n) is 8.65. The Balaban J connectivity index is 1.31. The molecule has 3 aliphatic rings. The summed E-state index contributed by atoms with van der Waals surface area (Å²) in [6, 6.07) is 10.4. The summed E-state index contributed by atoms with van der Waals surface area (Å²) in [5.74, 6) is 0.393. The Morgan fingerprint density at radius 1 is 1.13 bits per heavy atom. The van der Waals surface area contributed by atoms with Crippen LogP contribution < -0.4 is 4.74 Å². The summed E-state index contributed by atoms with van der Waals surface area (Å²) in [5.41, 5.74) is 2.01. The molecule has 5 rings (SSSR count). The summed E-state index contributed by atoms with van der Waals surface area (Å²) in [6.07, 6.45) is 5.84. The number of piperidine rings is 1. The van der Waals surface area contributed by atoms with E-state index >= 15 is 0 Å². The SMILES string of the molecule is CN(C)S(=O)(=O)c1ccc(-c2ccc3c(c2)COC2(CCN(C4CCC4)CC2)O3)s1. The number of benzene rings is 1. The number of sulfonamides is 1. The van der Waals surface area contributed by atoms with E-state index in [2.05, 4.69) is 11.0 Å². The zero-order chi connectivity index (χ0) is 20.9. The van der Waals surface area contributed by atoms with Crippen molar-refractivity contribution in [1.29, 1.82) is 0 Å². The fourth-order valence-corrected chi connectivity index (χ4v) is 6.88. The largest absolute Gasteiger partial charge is 0.462 e. The van der Waals surface area contributed by atoms with Gasteiger partial charge < -0.3 is 9.47 Å². The molecule has 1 saturated carbocycles. The number of fused-ring (bicyclic) bond motifs is 1. The van der Waals surface area contributed by atoms with Crippen LogP contribution in [-0.4, -0.2) is 56.6 Å². The molecule has 8 heteroatoms. The van der Waals surface area contributed by atoms with Gasteiger partial charge in [-0.05, 0) is 48.7 Å². The van der Waals surface area contributed by atoms with Gasteiger partial charge in [-0.2, -0.15) is 0 Å². The summed E-state index contributed by atoms with van der Waals surface area (Å²) < 4.78 is 38.9. The van der Waals surface area contributed by atoms with Crippen molar-refractivity contribution >= 4 is 21.4 Å². The van der Waals surface area contributed by atoms with E-state index in [1.807, 2.05) is 18.2 Å². The predicted octanol–water partition coefficient (Wildman–Crippen LogP) is 3.92. The number of ether oxygens (including phenoxy) is 2. The maximum absolute atomic E-state index is 12.4. The van der Waals surface area contributed by atoms with Crippen molar-refractivity contribution in [3.8, 4) is 16.2 Å². The quantitative estimate of drug-likeness (QED) is 0.710. The van der Waals surface area contributed by atoms with E-state index in [0.717, 1.165) is 53.7 Å². The maximum atomic E-state index is 12.4. The number of hydrogen-bond acceptors (Lipinski definition) is 6. The fourth-order valence-electron chi connectivity index (χ4n) is 4.41. The van der Waals surface area contributed by atoms with Crippen molar-refractivity contribution in [3.05, 3.63) is 35.9 Å². The standard InChI is InChI=1S/C22H28N2O4S2/c1-23(2)30(25,26)21-9-8-20(29-21)16-6-7-19-17(14-16)15-27-22(28-19)10-12-24(13-11-22)18-4-3-5-18/h6-9,14,18H,3-5,10-13,15H2,1-2H3. The summed E-state index contributed by atoms with van der Waals surface area (Å²) in [7, 11) is -0.309. The molecule has 3 heterocycles. The first-order valence-electron chi connectivity index (χ1n) is 10.6. The number of likely N-dealkylation sites (tertiary alicyclic amines) is 1. The van der Waals surface area contributed by atoms with Crippen LogP contribution in [0.3, 0.4) is 0 Å². The molecule has 0 radical (unpaired) electrons. The molecule has 1 saturated heterocycles. The van der Waals surface area contributed by atoms with Crippen molar-refractivity contribution in [2.45, 2.75) is 54.7 Å². The van der Waals surface area contributed by atoms with Gasteiger partial charge >= 0.3 is 0 Å². The first-order chi connectivity index (χ1) is 14.4. The lowest BCUT2D eigenvalue weighted by Crippen LogP contribution is -2.54. The second-order valence-corrected chi connectivity index (χ2v) is 12.1. The number of hydrogen-bond donors (Lipinski definition) is 0. The lowest BCUT2D eigenvalue weighted by molar-refractivity contribution is -0.231. The van der Waals surface area contributed by atoms with Crippen LogP contribution in [0.4, 0.5) is 0 Å². The average molecular weight is 449 g/mol. The van der Waals surface area contributed by atoms with Gasteiger partial charge in [-0.15, -0.1) is 11.3 Å². The molecule has 0 amide bonds. The lowest BCUT2D eigenvalue weighted by Gasteiger charge is -2.47. The summed E-state index contributed by atoms with van der Waals surface area (Å²) in [6.45, 7) is 2.60. The normalized spacial score (nSPS) is 22.0. The minimum absolute atomic E-state index is 0.352. The van der Waals surface area contributed by atoms with Crippen molar-refractivity contribution in [2.75, 3.05) is 27.2 Å². The van der Waals surface area contributed by atoms with E-state index in [0.29, 0.717) is 10.8 Å². The molecule has 1 aliphatic carbocycles. The van der Waals surface area contributed by atoms with E-state index in [1.165, 1.54) is 34.9 Å². The number of thiophene rings is 1. The van der Waals surface area contributed by atoms with Crippen LogP contribution in [0.5, 0.6) is 5.75 Å². The van der Waals surface area contributed by atoms with Crippen LogP contribution in [0.25, 0.3) is 10.4 Å². The van der Waals surface area contributed by atoms with Crippen LogP contribution in [0, 0.1) is 0 Å². The highest BCUT2D eigenvalue weighted by molar-refractivity contribution is 7.91. The van der Waals surface area contributed by atoms with Crippen LogP contribution in [0.15, 0.2) is 34.5 Å².